The zero-order valence-electron chi connectivity index (χ0n) is 16.8. The van der Waals surface area contributed by atoms with Gasteiger partial charge in [0.25, 0.3) is 0 Å². The molecule has 1 aromatic carbocycles. The van der Waals surface area contributed by atoms with Gasteiger partial charge in [0.05, 0.1) is 5.75 Å². The second kappa shape index (κ2) is 13.6. The molecule has 0 aromatic heterocycles. The van der Waals surface area contributed by atoms with Crippen LogP contribution in [-0.2, 0) is 19.2 Å². The number of thioether (sulfide) groups is 1. The average molecular weight is 469 g/mol. The maximum absolute atomic E-state index is 12.3. The number of carbonyl (C=O) groups is 5. The molecule has 6 N–H and O–H groups in total. The Kier molecular flexibility index (Phi) is 11.3. The summed E-state index contributed by atoms with van der Waals surface area (Å²) in [6.45, 7) is -0.657. The highest BCUT2D eigenvalue weighted by Crippen LogP contribution is 2.15. The van der Waals surface area contributed by atoms with Gasteiger partial charge < -0.3 is 26.6 Å². The summed E-state index contributed by atoms with van der Waals surface area (Å²) in [6.07, 6.45) is -0.403. The summed E-state index contributed by atoms with van der Waals surface area (Å²) in [5.74, 6) is -4.29. The van der Waals surface area contributed by atoms with Crippen LogP contribution in [0.15, 0.2) is 29.4 Å². The first-order valence-electron chi connectivity index (χ1n) is 9.17. The number of benzene rings is 1. The summed E-state index contributed by atoms with van der Waals surface area (Å²) < 4.78 is 0. The van der Waals surface area contributed by atoms with E-state index in [0.717, 1.165) is 11.8 Å². The number of rotatable bonds is 14. The second-order valence-corrected chi connectivity index (χ2v) is 7.42. The van der Waals surface area contributed by atoms with Crippen LogP contribution in [0, 0.1) is 0 Å². The quantitative estimate of drug-likeness (QED) is 0.110. The maximum Gasteiger partial charge on any atom is 0.322 e. The summed E-state index contributed by atoms with van der Waals surface area (Å²) in [6, 6.07) is 3.53. The Labute approximate surface area is 186 Å². The van der Waals surface area contributed by atoms with Crippen LogP contribution in [-0.4, -0.2) is 69.9 Å². The van der Waals surface area contributed by atoms with Gasteiger partial charge in [-0.05, 0) is 12.0 Å². The smallest absolute Gasteiger partial charge is 0.322 e. The molecular formula is C18H22N6O7S. The van der Waals surface area contributed by atoms with Gasteiger partial charge in [0.1, 0.15) is 18.6 Å². The molecule has 0 saturated heterocycles. The number of carboxylic acid groups (broad SMARTS) is 2. The minimum atomic E-state index is -1.28. The number of hydrogen-bond acceptors (Lipinski definition) is 8. The van der Waals surface area contributed by atoms with Gasteiger partial charge >= 0.3 is 11.9 Å². The number of carbonyl (C=O) groups excluding carboxylic acids is 3. The Bertz CT molecular complexity index is 902. The van der Waals surface area contributed by atoms with E-state index < -0.39 is 42.4 Å². The molecule has 1 aromatic rings. The van der Waals surface area contributed by atoms with Crippen molar-refractivity contribution in [2.24, 2.45) is 10.8 Å². The molecule has 0 spiro atoms. The monoisotopic (exact) mass is 469 g/mol. The van der Waals surface area contributed by atoms with E-state index in [1.807, 2.05) is 0 Å². The van der Waals surface area contributed by atoms with Crippen LogP contribution in [0.25, 0.3) is 10.4 Å². The van der Waals surface area contributed by atoms with Crippen molar-refractivity contribution in [3.8, 4) is 0 Å². The highest BCUT2D eigenvalue weighted by Gasteiger charge is 2.23. The van der Waals surface area contributed by atoms with Crippen LogP contribution in [0.3, 0.4) is 0 Å². The molecule has 2 atom stereocenters. The average Bonchev–Trinajstić information content (AvgIpc) is 2.75. The zero-order chi connectivity index (χ0) is 24.1. The SMILES string of the molecule is [N-]=[N+]=Nc1ccc(C(=O)C[35S]C[C@H](NC(=O)CC[C@H](N)C(=O)O)C(=O)NCC(=O)O)cc1. The molecule has 13 nitrogen and oxygen atoms in total. The van der Waals surface area contributed by atoms with Crippen molar-refractivity contribution < 1.29 is 34.2 Å². The van der Waals surface area contributed by atoms with Crippen LogP contribution >= 0.6 is 11.8 Å². The number of aliphatic carboxylic acids is 2. The van der Waals surface area contributed by atoms with E-state index in [-0.39, 0.29) is 30.1 Å². The van der Waals surface area contributed by atoms with Crippen LogP contribution in [0.5, 0.6) is 0 Å². The van der Waals surface area contributed by atoms with Crippen molar-refractivity contribution in [3.63, 3.8) is 0 Å². The van der Waals surface area contributed by atoms with Crippen molar-refractivity contribution in [1.82, 2.24) is 10.6 Å². The number of amides is 2. The summed E-state index contributed by atoms with van der Waals surface area (Å²) in [4.78, 5) is 60.6. The molecule has 0 bridgehead atoms. The molecule has 0 aliphatic heterocycles. The minimum Gasteiger partial charge on any atom is -0.480 e. The van der Waals surface area contributed by atoms with Gasteiger partial charge in [-0.3, -0.25) is 24.0 Å². The minimum absolute atomic E-state index is 0.0370. The summed E-state index contributed by atoms with van der Waals surface area (Å²) in [5.41, 5.74) is 14.4. The molecule has 0 aliphatic carbocycles. The van der Waals surface area contributed by atoms with Crippen molar-refractivity contribution >= 4 is 47.0 Å². The van der Waals surface area contributed by atoms with E-state index in [1.165, 1.54) is 24.3 Å². The number of hydrogen-bond donors (Lipinski definition) is 5. The van der Waals surface area contributed by atoms with Gasteiger partial charge in [-0.15, -0.1) is 0 Å². The first-order chi connectivity index (χ1) is 15.1. The van der Waals surface area contributed by atoms with E-state index in [9.17, 15) is 24.0 Å². The zero-order valence-corrected chi connectivity index (χ0v) is 17.6. The molecule has 172 valence electrons. The van der Waals surface area contributed by atoms with Crippen LogP contribution in [0.4, 0.5) is 5.69 Å². The lowest BCUT2D eigenvalue weighted by Gasteiger charge is -2.18. The van der Waals surface area contributed by atoms with E-state index in [1.54, 1.807) is 0 Å². The topological polar surface area (TPSA) is 225 Å². The van der Waals surface area contributed by atoms with Gasteiger partial charge in [-0.2, -0.15) is 11.8 Å². The van der Waals surface area contributed by atoms with Crippen LogP contribution < -0.4 is 16.4 Å². The summed E-state index contributed by atoms with van der Waals surface area (Å²) >= 11 is 1.04. The Balaban J connectivity index is 2.67. The van der Waals surface area contributed by atoms with Crippen LogP contribution in [0.1, 0.15) is 23.2 Å². The second-order valence-electron chi connectivity index (χ2n) is 6.39. The molecule has 2 amide bonds. The lowest BCUT2D eigenvalue weighted by atomic mass is 10.1. The standard InChI is InChI=1S/C18H22N6O7S/c19-12(18(30)31)5-6-15(26)22-13(17(29)21-7-16(27)28)8-32-9-14(25)10-1-3-11(4-2-10)23-24-20/h1-4,12-13H,5-9,19H2,(H,21,29)(H,22,26)(H,27,28)(H,30,31)/t12-,13-/m0/s1/i32+3. The van der Waals surface area contributed by atoms with Crippen molar-refractivity contribution in [1.29, 1.82) is 0 Å². The fourth-order valence-corrected chi connectivity index (χ4v) is 3.20. The summed E-state index contributed by atoms with van der Waals surface area (Å²) in [7, 11) is 0. The van der Waals surface area contributed by atoms with E-state index in [2.05, 4.69) is 20.7 Å². The van der Waals surface area contributed by atoms with Crippen molar-refractivity contribution in [2.75, 3.05) is 18.1 Å². The van der Waals surface area contributed by atoms with Gasteiger partial charge in [0, 0.05) is 28.3 Å². The number of nitrogens with two attached hydrogens (primary N) is 1. The number of ketones is 1. The molecule has 32 heavy (non-hydrogen) atoms. The van der Waals surface area contributed by atoms with Gasteiger partial charge in [0.2, 0.25) is 11.8 Å². The Morgan fingerprint density at radius 1 is 1.16 bits per heavy atom. The first-order valence-corrected chi connectivity index (χ1v) is 10.3. The number of azide groups is 1. The third-order valence-corrected chi connectivity index (χ3v) is 4.97. The number of nitrogens with zero attached hydrogens (tertiary/aromatic N) is 3. The molecule has 0 radical (unpaired) electrons. The number of nitrogens with one attached hydrogen (secondary N) is 2. The van der Waals surface area contributed by atoms with Crippen molar-refractivity contribution in [2.45, 2.75) is 24.9 Å². The van der Waals surface area contributed by atoms with Crippen LogP contribution in [0.2, 0.25) is 0 Å². The number of carboxylic acids is 2. The molecule has 0 fully saturated rings. The van der Waals surface area contributed by atoms with Gasteiger partial charge in [-0.1, -0.05) is 29.4 Å². The van der Waals surface area contributed by atoms with E-state index in [4.69, 9.17) is 21.5 Å². The molecular weight excluding hydrogens is 447 g/mol. The third kappa shape index (κ3) is 9.93. The Hall–Kier alpha value is -3.61. The maximum atomic E-state index is 12.3. The molecule has 0 unspecified atom stereocenters. The fraction of sp³-hybridized carbons (Fsp3) is 0.389. The Morgan fingerprint density at radius 2 is 1.81 bits per heavy atom. The molecule has 0 saturated carbocycles. The van der Waals surface area contributed by atoms with E-state index in [0.29, 0.717) is 11.3 Å². The van der Waals surface area contributed by atoms with Gasteiger partial charge in [-0.25, -0.2) is 0 Å². The normalized spacial score (nSPS) is 12.0. The lowest BCUT2D eigenvalue weighted by Crippen LogP contribution is -2.49. The lowest BCUT2D eigenvalue weighted by molar-refractivity contribution is -0.139. The molecule has 0 heterocycles. The fourth-order valence-electron chi connectivity index (χ4n) is 2.26. The predicted octanol–water partition coefficient (Wildman–Crippen LogP) is 0.422. The van der Waals surface area contributed by atoms with Gasteiger partial charge in [0.15, 0.2) is 5.78 Å². The number of Topliss-reactive ketones (excluding diaryl/α,β-unsaturated/α-hetero) is 1. The van der Waals surface area contributed by atoms with Crippen molar-refractivity contribution in [3.05, 3.63) is 40.3 Å². The summed E-state index contributed by atoms with van der Waals surface area (Å²) in [5, 5.41) is 25.4. The van der Waals surface area contributed by atoms with E-state index >= 15 is 0 Å². The molecule has 14 heteroatoms. The third-order valence-electron chi connectivity index (χ3n) is 3.93. The molecule has 1 rings (SSSR count). The predicted molar refractivity (Wildman–Crippen MR) is 114 cm³/mol. The first kappa shape index (κ1) is 26.4. The largest absolute Gasteiger partial charge is 0.480 e. The Morgan fingerprint density at radius 3 is 2.38 bits per heavy atom. The molecule has 0 aliphatic rings. The highest BCUT2D eigenvalue weighted by molar-refractivity contribution is 8.00. The highest BCUT2D eigenvalue weighted by atomic mass is 35.1.